The summed E-state index contributed by atoms with van der Waals surface area (Å²) in [5.74, 6) is -4.89. The monoisotopic (exact) mass is 163 g/mol. The summed E-state index contributed by atoms with van der Waals surface area (Å²) < 4.78 is 45.2. The van der Waals surface area contributed by atoms with Gasteiger partial charge < -0.3 is 0 Å². The highest BCUT2D eigenvalue weighted by molar-refractivity contribution is 6.23. The molecule has 53 valence electrons. The summed E-state index contributed by atoms with van der Waals surface area (Å²) in [6.07, 6.45) is -0.184. The van der Waals surface area contributed by atoms with Crippen LogP contribution in [-0.4, -0.2) is 17.6 Å². The number of hydrogen-bond acceptors (Lipinski definition) is 1. The van der Waals surface area contributed by atoms with Crippen LogP contribution >= 0.6 is 11.6 Å². The molecule has 0 aliphatic heterocycles. The van der Waals surface area contributed by atoms with Gasteiger partial charge in [-0.1, -0.05) is 0 Å². The van der Waals surface area contributed by atoms with Gasteiger partial charge in [0.2, 0.25) is 0 Å². The fourth-order valence-electron chi connectivity index (χ4n) is 0.0579. The van der Waals surface area contributed by atoms with Gasteiger partial charge in [-0.15, -0.1) is 0 Å². The highest BCUT2D eigenvalue weighted by atomic mass is 35.5. The van der Waals surface area contributed by atoms with E-state index in [1.54, 1.807) is 0 Å². The summed E-state index contributed by atoms with van der Waals surface area (Å²) in [5, 5.41) is -4.84. The molecule has 6 heteroatoms. The zero-order chi connectivity index (χ0) is 7.71. The average Bonchev–Trinajstić information content (AvgIpc) is 1.64. The van der Waals surface area contributed by atoms with Crippen LogP contribution in [0.25, 0.3) is 0 Å². The third kappa shape index (κ3) is 1.82. The first-order chi connectivity index (χ1) is 3.81. The van der Waals surface area contributed by atoms with Crippen LogP contribution in [0.4, 0.5) is 17.6 Å². The molecule has 1 radical (unpaired) electrons. The summed E-state index contributed by atoms with van der Waals surface area (Å²) in [6, 6.07) is 0. The van der Waals surface area contributed by atoms with E-state index in [9.17, 15) is 17.6 Å². The van der Waals surface area contributed by atoms with E-state index < -0.39 is 11.3 Å². The molecule has 0 rings (SSSR count). The maximum atomic E-state index is 11.4. The van der Waals surface area contributed by atoms with Crippen LogP contribution in [0.3, 0.4) is 0 Å². The van der Waals surface area contributed by atoms with Crippen molar-refractivity contribution in [1.29, 1.82) is 0 Å². The summed E-state index contributed by atoms with van der Waals surface area (Å²) in [5.41, 5.74) is 0. The molecule has 0 aromatic heterocycles. The molecule has 1 nitrogen and oxygen atoms in total. The van der Waals surface area contributed by atoms with Gasteiger partial charge in [0.25, 0.3) is 6.29 Å². The Hall–Kier alpha value is -0.320. The fourth-order valence-corrected chi connectivity index (χ4v) is 0.0964. The summed E-state index contributed by atoms with van der Waals surface area (Å²) >= 11 is 3.78. The van der Waals surface area contributed by atoms with Crippen LogP contribution in [0, 0.1) is 0 Å². The topological polar surface area (TPSA) is 17.1 Å². The van der Waals surface area contributed by atoms with E-state index >= 15 is 0 Å². The SMILES string of the molecule is O=[C]C(F)(F)C(F)(F)Cl. The number of carbonyl (C=O) groups excluding carboxylic acids is 1. The van der Waals surface area contributed by atoms with E-state index in [-0.39, 0.29) is 6.29 Å². The van der Waals surface area contributed by atoms with Gasteiger partial charge in [0.15, 0.2) is 0 Å². The van der Waals surface area contributed by atoms with E-state index in [0.29, 0.717) is 0 Å². The predicted molar refractivity (Wildman–Crippen MR) is 21.4 cm³/mol. The molecule has 0 fully saturated rings. The third-order valence-corrected chi connectivity index (χ3v) is 0.722. The van der Waals surface area contributed by atoms with Crippen molar-refractivity contribution >= 4 is 17.9 Å². The molecule has 0 saturated heterocycles. The maximum Gasteiger partial charge on any atom is 0.392 e. The fraction of sp³-hybridized carbons (Fsp3) is 0.667. The number of halogens is 5. The lowest BCUT2D eigenvalue weighted by atomic mass is 10.4. The molecule has 0 aliphatic carbocycles. The summed E-state index contributed by atoms with van der Waals surface area (Å²) in [6.45, 7) is 0. The smallest absolute Gasteiger partial charge is 0.283 e. The van der Waals surface area contributed by atoms with Crippen molar-refractivity contribution in [3.05, 3.63) is 0 Å². The molecule has 0 unspecified atom stereocenters. The van der Waals surface area contributed by atoms with Crippen molar-refractivity contribution < 1.29 is 22.4 Å². The number of alkyl halides is 5. The summed E-state index contributed by atoms with van der Waals surface area (Å²) in [7, 11) is 0. The van der Waals surface area contributed by atoms with E-state index in [0.717, 1.165) is 0 Å². The van der Waals surface area contributed by atoms with Gasteiger partial charge >= 0.3 is 11.3 Å². The number of hydrogen-bond donors (Lipinski definition) is 0. The van der Waals surface area contributed by atoms with Crippen molar-refractivity contribution in [3.8, 4) is 0 Å². The quantitative estimate of drug-likeness (QED) is 0.446. The van der Waals surface area contributed by atoms with Crippen molar-refractivity contribution in [2.75, 3.05) is 0 Å². The van der Waals surface area contributed by atoms with Crippen LogP contribution in [0.15, 0.2) is 0 Å². The minimum Gasteiger partial charge on any atom is -0.283 e. The Morgan fingerprint density at radius 1 is 1.22 bits per heavy atom. The lowest BCUT2D eigenvalue weighted by Crippen LogP contribution is -2.36. The molecule has 9 heavy (non-hydrogen) atoms. The molecule has 0 atom stereocenters. The lowest BCUT2D eigenvalue weighted by molar-refractivity contribution is -0.108. The van der Waals surface area contributed by atoms with Crippen LogP contribution in [0.1, 0.15) is 0 Å². The molecular weight excluding hydrogens is 163 g/mol. The minimum absolute atomic E-state index is 0.184. The molecule has 0 amide bonds. The van der Waals surface area contributed by atoms with Crippen molar-refractivity contribution in [2.24, 2.45) is 0 Å². The molecular formula is C3ClF4O. The van der Waals surface area contributed by atoms with Gasteiger partial charge in [0.05, 0.1) is 0 Å². The standard InChI is InChI=1S/C3ClF4O/c4-3(7,8)2(5,6)1-9. The molecule has 0 N–H and O–H groups in total. The Morgan fingerprint density at radius 3 is 1.56 bits per heavy atom. The second-order valence-electron chi connectivity index (χ2n) is 1.17. The lowest BCUT2D eigenvalue weighted by Gasteiger charge is -2.12. The van der Waals surface area contributed by atoms with Gasteiger partial charge in [-0.05, 0) is 11.6 Å². The third-order valence-electron chi connectivity index (χ3n) is 0.484. The first kappa shape index (κ1) is 8.68. The highest BCUT2D eigenvalue weighted by Crippen LogP contribution is 2.35. The van der Waals surface area contributed by atoms with Crippen molar-refractivity contribution in [2.45, 2.75) is 11.3 Å². The van der Waals surface area contributed by atoms with E-state index in [1.165, 1.54) is 0 Å². The Kier molecular flexibility index (Phi) is 2.06. The van der Waals surface area contributed by atoms with E-state index in [4.69, 9.17) is 4.79 Å². The second-order valence-corrected chi connectivity index (χ2v) is 1.65. The van der Waals surface area contributed by atoms with Crippen molar-refractivity contribution in [3.63, 3.8) is 0 Å². The van der Waals surface area contributed by atoms with Gasteiger partial charge in [-0.3, -0.25) is 4.79 Å². The first-order valence-corrected chi connectivity index (χ1v) is 2.03. The second kappa shape index (κ2) is 2.13. The van der Waals surface area contributed by atoms with Gasteiger partial charge in [0.1, 0.15) is 0 Å². The molecule has 0 aromatic carbocycles. The van der Waals surface area contributed by atoms with Gasteiger partial charge in [0, 0.05) is 0 Å². The molecule has 0 aliphatic rings. The molecule has 0 heterocycles. The number of rotatable bonds is 2. The Morgan fingerprint density at radius 2 is 1.56 bits per heavy atom. The normalized spacial score (nSPS) is 13.4. The van der Waals surface area contributed by atoms with Gasteiger partial charge in [-0.2, -0.15) is 17.6 Å². The van der Waals surface area contributed by atoms with Gasteiger partial charge in [-0.25, -0.2) is 0 Å². The summed E-state index contributed by atoms with van der Waals surface area (Å²) in [4.78, 5) is 9.03. The zero-order valence-corrected chi connectivity index (χ0v) is 4.55. The first-order valence-electron chi connectivity index (χ1n) is 1.65. The predicted octanol–water partition coefficient (Wildman–Crippen LogP) is 1.56. The largest absolute Gasteiger partial charge is 0.392 e. The van der Waals surface area contributed by atoms with Crippen LogP contribution < -0.4 is 0 Å². The van der Waals surface area contributed by atoms with Crippen molar-refractivity contribution in [1.82, 2.24) is 0 Å². The van der Waals surface area contributed by atoms with Crippen LogP contribution in [-0.2, 0) is 4.79 Å². The zero-order valence-electron chi connectivity index (χ0n) is 3.80. The average molecular weight is 163 g/mol. The molecule has 0 spiro atoms. The Balaban J connectivity index is 4.32. The Bertz CT molecular complexity index is 117. The molecule has 0 aromatic rings. The van der Waals surface area contributed by atoms with Crippen LogP contribution in [0.5, 0.6) is 0 Å². The molecule has 0 bridgehead atoms. The molecule has 0 saturated carbocycles. The van der Waals surface area contributed by atoms with E-state index in [2.05, 4.69) is 11.6 Å². The maximum absolute atomic E-state index is 11.4. The minimum atomic E-state index is -4.89. The van der Waals surface area contributed by atoms with Crippen LogP contribution in [0.2, 0.25) is 0 Å². The Labute approximate surface area is 52.6 Å². The highest BCUT2D eigenvalue weighted by Gasteiger charge is 2.56. The van der Waals surface area contributed by atoms with E-state index in [1.807, 2.05) is 0 Å².